The minimum Gasteiger partial charge on any atom is -0.324 e. The molecule has 1 aromatic heterocycles. The molecule has 0 atom stereocenters. The van der Waals surface area contributed by atoms with Gasteiger partial charge in [0.05, 0.1) is 23.6 Å². The molecule has 3 rings (SSSR count). The number of aryl methyl sites for hydroxylation is 1. The summed E-state index contributed by atoms with van der Waals surface area (Å²) in [6, 6.07) is 17.6. The first-order valence-electron chi connectivity index (χ1n) is 8.90. The van der Waals surface area contributed by atoms with E-state index in [1.807, 2.05) is 79.7 Å². The fourth-order valence-corrected chi connectivity index (χ4v) is 3.85. The standard InChI is InChI=1S/C21H23ClN4OS/c1-15-17(21(22)26(24-15)16-9-5-4-6-10-16)13-25(2)14-20(27)23-18-11-7-8-12-19(18)28-3/h4-12H,13-14H2,1-3H3,(H,23,27). The fraction of sp³-hybridized carbons (Fsp3) is 0.238. The van der Waals surface area contributed by atoms with E-state index in [9.17, 15) is 4.79 Å². The van der Waals surface area contributed by atoms with Crippen LogP contribution in [0.2, 0.25) is 5.15 Å². The molecule has 5 nitrogen and oxygen atoms in total. The van der Waals surface area contributed by atoms with Crippen molar-refractivity contribution in [1.82, 2.24) is 14.7 Å². The van der Waals surface area contributed by atoms with Crippen molar-refractivity contribution in [3.05, 3.63) is 71.0 Å². The first kappa shape index (κ1) is 20.5. The molecule has 0 aliphatic rings. The highest BCUT2D eigenvalue weighted by Gasteiger charge is 2.17. The summed E-state index contributed by atoms with van der Waals surface area (Å²) in [5.41, 5.74) is 3.52. The van der Waals surface area contributed by atoms with Crippen LogP contribution in [-0.4, -0.2) is 40.4 Å². The number of nitrogens with one attached hydrogen (secondary N) is 1. The maximum atomic E-state index is 12.5. The van der Waals surface area contributed by atoms with Crippen LogP contribution in [0.5, 0.6) is 0 Å². The second kappa shape index (κ2) is 9.28. The van der Waals surface area contributed by atoms with E-state index >= 15 is 0 Å². The van der Waals surface area contributed by atoms with Gasteiger partial charge >= 0.3 is 0 Å². The highest BCUT2D eigenvalue weighted by atomic mass is 35.5. The van der Waals surface area contributed by atoms with Crippen LogP contribution in [0.4, 0.5) is 5.69 Å². The number of hydrogen-bond acceptors (Lipinski definition) is 4. The van der Waals surface area contributed by atoms with Crippen molar-refractivity contribution < 1.29 is 4.79 Å². The molecule has 0 unspecified atom stereocenters. The molecular weight excluding hydrogens is 392 g/mol. The van der Waals surface area contributed by atoms with Gasteiger partial charge in [-0.2, -0.15) is 5.10 Å². The number of nitrogens with zero attached hydrogens (tertiary/aromatic N) is 3. The van der Waals surface area contributed by atoms with Crippen molar-refractivity contribution in [2.24, 2.45) is 0 Å². The van der Waals surface area contributed by atoms with Crippen LogP contribution in [0.15, 0.2) is 59.5 Å². The summed E-state index contributed by atoms with van der Waals surface area (Å²) in [5, 5.41) is 8.11. The first-order chi connectivity index (χ1) is 13.5. The number of likely N-dealkylation sites (N-methyl/N-ethyl adjacent to an activating group) is 1. The highest BCUT2D eigenvalue weighted by Crippen LogP contribution is 2.26. The smallest absolute Gasteiger partial charge is 0.238 e. The number of rotatable bonds is 7. The summed E-state index contributed by atoms with van der Waals surface area (Å²) in [6.07, 6.45) is 1.99. The van der Waals surface area contributed by atoms with Crippen molar-refractivity contribution >= 4 is 35.0 Å². The zero-order valence-corrected chi connectivity index (χ0v) is 17.7. The largest absolute Gasteiger partial charge is 0.324 e. The molecule has 0 aliphatic carbocycles. The molecule has 0 saturated carbocycles. The third-order valence-corrected chi connectivity index (χ3v) is 5.53. The Morgan fingerprint density at radius 3 is 2.57 bits per heavy atom. The molecule has 0 radical (unpaired) electrons. The van der Waals surface area contributed by atoms with Crippen LogP contribution < -0.4 is 5.32 Å². The lowest BCUT2D eigenvalue weighted by molar-refractivity contribution is -0.117. The maximum absolute atomic E-state index is 12.5. The van der Waals surface area contributed by atoms with Crippen LogP contribution in [0, 0.1) is 6.92 Å². The van der Waals surface area contributed by atoms with Crippen molar-refractivity contribution in [3.63, 3.8) is 0 Å². The Labute approximate surface area is 174 Å². The zero-order chi connectivity index (χ0) is 20.1. The van der Waals surface area contributed by atoms with E-state index in [1.165, 1.54) is 0 Å². The minimum atomic E-state index is -0.0618. The van der Waals surface area contributed by atoms with Gasteiger partial charge < -0.3 is 5.32 Å². The van der Waals surface area contributed by atoms with Gasteiger partial charge in [0, 0.05) is 17.0 Å². The fourth-order valence-electron chi connectivity index (χ4n) is 2.96. The van der Waals surface area contributed by atoms with Gasteiger partial charge in [-0.1, -0.05) is 41.9 Å². The summed E-state index contributed by atoms with van der Waals surface area (Å²) in [6.45, 7) is 2.73. The Balaban J connectivity index is 1.67. The molecular formula is C21H23ClN4OS. The quantitative estimate of drug-likeness (QED) is 0.573. The molecule has 0 aliphatic heterocycles. The highest BCUT2D eigenvalue weighted by molar-refractivity contribution is 7.98. The van der Waals surface area contributed by atoms with E-state index in [0.717, 1.165) is 27.5 Å². The van der Waals surface area contributed by atoms with Gasteiger partial charge in [0.15, 0.2) is 0 Å². The van der Waals surface area contributed by atoms with Gasteiger partial charge in [0.2, 0.25) is 5.91 Å². The summed E-state index contributed by atoms with van der Waals surface area (Å²) in [7, 11) is 1.90. The lowest BCUT2D eigenvalue weighted by Crippen LogP contribution is -2.30. The number of para-hydroxylation sites is 2. The third-order valence-electron chi connectivity index (χ3n) is 4.35. The van der Waals surface area contributed by atoms with E-state index in [-0.39, 0.29) is 12.5 Å². The number of amides is 1. The van der Waals surface area contributed by atoms with Gasteiger partial charge in [-0.05, 0) is 44.5 Å². The molecule has 28 heavy (non-hydrogen) atoms. The van der Waals surface area contributed by atoms with Crippen LogP contribution >= 0.6 is 23.4 Å². The van der Waals surface area contributed by atoms with Crippen LogP contribution in [-0.2, 0) is 11.3 Å². The predicted octanol–water partition coefficient (Wildman–Crippen LogP) is 4.63. The van der Waals surface area contributed by atoms with E-state index in [2.05, 4.69) is 10.4 Å². The Morgan fingerprint density at radius 1 is 1.18 bits per heavy atom. The number of aromatic nitrogens is 2. The predicted molar refractivity (Wildman–Crippen MR) is 116 cm³/mol. The van der Waals surface area contributed by atoms with Crippen molar-refractivity contribution in [2.45, 2.75) is 18.4 Å². The molecule has 146 valence electrons. The molecule has 1 heterocycles. The first-order valence-corrected chi connectivity index (χ1v) is 10.5. The monoisotopic (exact) mass is 414 g/mol. The molecule has 0 spiro atoms. The van der Waals surface area contributed by atoms with Gasteiger partial charge in [-0.25, -0.2) is 4.68 Å². The number of hydrogen-bond donors (Lipinski definition) is 1. The number of carbonyl (C=O) groups is 1. The molecule has 0 fully saturated rings. The molecule has 3 aromatic rings. The van der Waals surface area contributed by atoms with E-state index in [1.54, 1.807) is 16.4 Å². The molecule has 0 bridgehead atoms. The van der Waals surface area contributed by atoms with Crippen LogP contribution in [0.25, 0.3) is 5.69 Å². The third kappa shape index (κ3) is 4.76. The van der Waals surface area contributed by atoms with E-state index in [0.29, 0.717) is 11.7 Å². The van der Waals surface area contributed by atoms with Crippen molar-refractivity contribution in [3.8, 4) is 5.69 Å². The van der Waals surface area contributed by atoms with Gasteiger partial charge in [-0.15, -0.1) is 11.8 Å². The molecule has 1 amide bonds. The maximum Gasteiger partial charge on any atom is 0.238 e. The molecule has 1 N–H and O–H groups in total. The molecule has 0 saturated heterocycles. The Hall–Kier alpha value is -2.28. The molecule has 2 aromatic carbocycles. The summed E-state index contributed by atoms with van der Waals surface area (Å²) >= 11 is 8.19. The number of carbonyl (C=O) groups excluding carboxylic acids is 1. The van der Waals surface area contributed by atoms with E-state index < -0.39 is 0 Å². The lowest BCUT2D eigenvalue weighted by Gasteiger charge is -2.17. The van der Waals surface area contributed by atoms with Crippen molar-refractivity contribution in [2.75, 3.05) is 25.2 Å². The number of thioether (sulfide) groups is 1. The second-order valence-corrected chi connectivity index (χ2v) is 7.73. The minimum absolute atomic E-state index is 0.0618. The van der Waals surface area contributed by atoms with Gasteiger partial charge in [0.1, 0.15) is 5.15 Å². The normalized spacial score (nSPS) is 11.0. The van der Waals surface area contributed by atoms with Crippen molar-refractivity contribution in [1.29, 1.82) is 0 Å². The summed E-state index contributed by atoms with van der Waals surface area (Å²) < 4.78 is 1.73. The summed E-state index contributed by atoms with van der Waals surface area (Å²) in [5.74, 6) is -0.0618. The van der Waals surface area contributed by atoms with Crippen LogP contribution in [0.1, 0.15) is 11.3 Å². The second-order valence-electron chi connectivity index (χ2n) is 6.52. The average Bonchev–Trinajstić information content (AvgIpc) is 2.97. The number of anilines is 1. The average molecular weight is 415 g/mol. The summed E-state index contributed by atoms with van der Waals surface area (Å²) in [4.78, 5) is 15.4. The Morgan fingerprint density at radius 2 is 1.86 bits per heavy atom. The SMILES string of the molecule is CSc1ccccc1NC(=O)CN(C)Cc1c(C)nn(-c2ccccc2)c1Cl. The Bertz CT molecular complexity index is 958. The number of benzene rings is 2. The van der Waals surface area contributed by atoms with Gasteiger partial charge in [-0.3, -0.25) is 9.69 Å². The number of halogens is 1. The zero-order valence-electron chi connectivity index (χ0n) is 16.1. The van der Waals surface area contributed by atoms with E-state index in [4.69, 9.17) is 11.6 Å². The lowest BCUT2D eigenvalue weighted by atomic mass is 10.2. The molecule has 7 heteroatoms. The van der Waals surface area contributed by atoms with Crippen LogP contribution in [0.3, 0.4) is 0 Å². The topological polar surface area (TPSA) is 50.2 Å². The Kier molecular flexibility index (Phi) is 6.78. The van der Waals surface area contributed by atoms with Gasteiger partial charge in [0.25, 0.3) is 0 Å².